The van der Waals surface area contributed by atoms with E-state index in [-0.39, 0.29) is 48.7 Å². The van der Waals surface area contributed by atoms with Gasteiger partial charge in [0.1, 0.15) is 24.6 Å². The topological polar surface area (TPSA) is 112 Å². The number of aliphatic hydroxyl groups excluding tert-OH is 1. The molecule has 1 N–H and O–H groups in total. The van der Waals surface area contributed by atoms with Crippen molar-refractivity contribution in [3.63, 3.8) is 0 Å². The minimum Gasteiger partial charge on any atom is -0.457 e. The van der Waals surface area contributed by atoms with Crippen molar-refractivity contribution in [2.45, 2.75) is 77.2 Å². The number of nitrogens with zero attached hydrogens (tertiary/aromatic N) is 4. The number of piperazine rings is 1. The van der Waals surface area contributed by atoms with Crippen molar-refractivity contribution in [3.05, 3.63) is 47.3 Å². The summed E-state index contributed by atoms with van der Waals surface area (Å²) < 4.78 is 32.0. The molecule has 0 unspecified atom stereocenters. The first-order valence-electron chi connectivity index (χ1n) is 17.5. The van der Waals surface area contributed by atoms with E-state index in [0.717, 1.165) is 25.9 Å². The van der Waals surface area contributed by atoms with Crippen LogP contribution in [0.15, 0.2) is 35.9 Å². The minimum absolute atomic E-state index is 0.0278. The predicted molar refractivity (Wildman–Crippen MR) is 186 cm³/mol. The summed E-state index contributed by atoms with van der Waals surface area (Å²) in [5.74, 6) is -1.31. The van der Waals surface area contributed by atoms with Gasteiger partial charge in [0.15, 0.2) is 0 Å². The van der Waals surface area contributed by atoms with Gasteiger partial charge in [0, 0.05) is 71.1 Å². The lowest BCUT2D eigenvalue weighted by molar-refractivity contribution is -0.151. The van der Waals surface area contributed by atoms with Gasteiger partial charge >= 0.3 is 12.1 Å². The Balaban J connectivity index is 1.52. The number of carbonyl (C=O) groups excluding carboxylic acids is 3. The second-order valence-electron chi connectivity index (χ2n) is 14.0. The number of anilines is 1. The highest BCUT2D eigenvalue weighted by Gasteiger charge is 2.30. The Hall–Kier alpha value is -3.48. The fraction of sp³-hybridized carbons (Fsp3) is 0.649. The third kappa shape index (κ3) is 11.0. The van der Waals surface area contributed by atoms with E-state index in [1.807, 2.05) is 59.2 Å². The number of amides is 2. The van der Waals surface area contributed by atoms with Gasteiger partial charge in [-0.1, -0.05) is 26.0 Å². The van der Waals surface area contributed by atoms with Crippen LogP contribution in [0, 0.1) is 17.7 Å². The molecule has 1 aromatic rings. The number of methoxy groups -OCH3 is 1. The molecule has 0 radical (unpaired) electrons. The molecule has 0 saturated carbocycles. The molecular weight excluding hydrogens is 631 g/mol. The second-order valence-corrected chi connectivity index (χ2v) is 14.0. The number of aliphatic hydroxyl groups is 1. The Morgan fingerprint density at radius 2 is 1.71 bits per heavy atom. The summed E-state index contributed by atoms with van der Waals surface area (Å²) in [5.41, 5.74) is 2.05. The van der Waals surface area contributed by atoms with Crippen molar-refractivity contribution >= 4 is 29.7 Å². The van der Waals surface area contributed by atoms with E-state index in [1.54, 1.807) is 9.80 Å². The lowest BCUT2D eigenvalue weighted by atomic mass is 9.91. The Labute approximate surface area is 290 Å². The molecule has 12 heteroatoms. The van der Waals surface area contributed by atoms with E-state index in [0.29, 0.717) is 55.8 Å². The van der Waals surface area contributed by atoms with E-state index < -0.39 is 24.3 Å². The van der Waals surface area contributed by atoms with Crippen LogP contribution in [0.3, 0.4) is 0 Å². The summed E-state index contributed by atoms with van der Waals surface area (Å²) in [6.45, 7) is 9.81. The van der Waals surface area contributed by atoms with Crippen molar-refractivity contribution in [2.75, 3.05) is 72.0 Å². The Bertz CT molecular complexity index is 1340. The summed E-state index contributed by atoms with van der Waals surface area (Å²) in [6, 6.07) is 4.99. The molecule has 5 atom stereocenters. The first-order valence-corrected chi connectivity index (χ1v) is 17.5. The molecule has 3 heterocycles. The smallest absolute Gasteiger partial charge is 0.410 e. The van der Waals surface area contributed by atoms with Crippen LogP contribution in [0.1, 0.15) is 58.4 Å². The van der Waals surface area contributed by atoms with E-state index >= 15 is 4.39 Å². The number of piperidine rings is 1. The van der Waals surface area contributed by atoms with E-state index in [9.17, 15) is 19.5 Å². The van der Waals surface area contributed by atoms with Gasteiger partial charge in [-0.25, -0.2) is 9.18 Å². The maximum absolute atomic E-state index is 15.0. The van der Waals surface area contributed by atoms with Crippen LogP contribution in [0.4, 0.5) is 14.9 Å². The number of hydrogen-bond acceptors (Lipinski definition) is 9. The largest absolute Gasteiger partial charge is 0.457 e. The Morgan fingerprint density at radius 1 is 1.02 bits per heavy atom. The van der Waals surface area contributed by atoms with Crippen LogP contribution in [-0.4, -0.2) is 129 Å². The number of halogens is 1. The van der Waals surface area contributed by atoms with Crippen LogP contribution in [0.5, 0.6) is 0 Å². The molecule has 2 amide bonds. The standard InChI is InChI=1S/C37H55FN4O7/c1-25-7-9-32(43)23-35(45)49-36(26(2)8-10-33(25)48-37(46)42-17-15-39(4)16-18-42)27(3)19-28-20-29(38)22-31(21-28)40(5)30-11-13-41(14-12-30)34(44)24-47-6/h8,10,19-22,25-26,30,32-33,36,43H,7,9,11-18,23-24H2,1-6H3/b10-8-,27-19+/t25-,26+,32+,33+,36+/m1/s1. The number of ether oxygens (including phenoxy) is 3. The summed E-state index contributed by atoms with van der Waals surface area (Å²) in [5, 5.41) is 10.7. The molecule has 3 aliphatic rings. The van der Waals surface area contributed by atoms with Crippen LogP contribution in [0.2, 0.25) is 0 Å². The average Bonchev–Trinajstić information content (AvgIpc) is 3.07. The maximum Gasteiger partial charge on any atom is 0.410 e. The van der Waals surface area contributed by atoms with Gasteiger partial charge in [-0.2, -0.15) is 0 Å². The molecule has 0 spiro atoms. The molecule has 1 aromatic carbocycles. The first kappa shape index (κ1) is 38.3. The molecule has 11 nitrogen and oxygen atoms in total. The molecule has 49 heavy (non-hydrogen) atoms. The van der Waals surface area contributed by atoms with Crippen LogP contribution in [-0.2, 0) is 23.8 Å². The van der Waals surface area contributed by atoms with Gasteiger partial charge in [0.05, 0.1) is 12.5 Å². The molecule has 2 saturated heterocycles. The zero-order valence-electron chi connectivity index (χ0n) is 30.0. The molecule has 3 aliphatic heterocycles. The summed E-state index contributed by atoms with van der Waals surface area (Å²) in [7, 11) is 5.47. The van der Waals surface area contributed by atoms with Crippen molar-refractivity contribution in [1.29, 1.82) is 0 Å². The zero-order chi connectivity index (χ0) is 35.7. The van der Waals surface area contributed by atoms with Crippen molar-refractivity contribution < 1.29 is 38.1 Å². The van der Waals surface area contributed by atoms with Crippen molar-refractivity contribution in [2.24, 2.45) is 11.8 Å². The molecular formula is C37H55FN4O7. The van der Waals surface area contributed by atoms with E-state index in [2.05, 4.69) is 9.80 Å². The van der Waals surface area contributed by atoms with Gasteiger partial charge in [0.2, 0.25) is 5.91 Å². The average molecular weight is 687 g/mol. The number of likely N-dealkylation sites (tertiary alicyclic amines) is 1. The maximum atomic E-state index is 15.0. The van der Waals surface area contributed by atoms with Crippen LogP contribution in [0.25, 0.3) is 6.08 Å². The highest BCUT2D eigenvalue weighted by atomic mass is 19.1. The normalized spacial score (nSPS) is 27.5. The number of cyclic esters (lactones) is 1. The molecule has 0 aliphatic carbocycles. The number of carbonyl (C=O) groups is 3. The van der Waals surface area contributed by atoms with Gasteiger partial charge in [0.25, 0.3) is 0 Å². The van der Waals surface area contributed by atoms with Crippen LogP contribution < -0.4 is 4.90 Å². The minimum atomic E-state index is -0.890. The third-order valence-corrected chi connectivity index (χ3v) is 10.0. The van der Waals surface area contributed by atoms with Gasteiger partial charge in [-0.15, -0.1) is 0 Å². The monoisotopic (exact) mass is 686 g/mol. The van der Waals surface area contributed by atoms with Gasteiger partial charge < -0.3 is 38.9 Å². The fourth-order valence-electron chi connectivity index (χ4n) is 6.79. The molecule has 272 valence electrons. The Kier molecular flexibility index (Phi) is 14.0. The lowest BCUT2D eigenvalue weighted by Gasteiger charge is -2.38. The molecule has 0 bridgehead atoms. The lowest BCUT2D eigenvalue weighted by Crippen LogP contribution is -2.48. The molecule has 4 rings (SSSR count). The first-order chi connectivity index (χ1) is 23.3. The number of hydrogen-bond donors (Lipinski definition) is 1. The zero-order valence-corrected chi connectivity index (χ0v) is 30.0. The Morgan fingerprint density at radius 3 is 2.39 bits per heavy atom. The number of esters is 1. The van der Waals surface area contributed by atoms with Gasteiger partial charge in [-0.05, 0) is 81.0 Å². The molecule has 0 aromatic heterocycles. The number of benzene rings is 1. The van der Waals surface area contributed by atoms with E-state index in [1.165, 1.54) is 19.2 Å². The molecule has 2 fully saturated rings. The van der Waals surface area contributed by atoms with Crippen molar-refractivity contribution in [3.8, 4) is 0 Å². The highest BCUT2D eigenvalue weighted by Crippen LogP contribution is 2.29. The summed E-state index contributed by atoms with van der Waals surface area (Å²) in [4.78, 5) is 46.1. The SMILES string of the molecule is COCC(=O)N1CCC(N(C)c2cc(F)cc(/C=C(\C)[C@H]3OC(=O)C[C@@H](O)CC[C@@H](C)[C@@H](OC(=O)N4CCN(C)CC4)/C=C\[C@@H]3C)c2)CC1. The number of rotatable bonds is 7. The second kappa shape index (κ2) is 18.0. The van der Waals surface area contributed by atoms with Gasteiger partial charge in [-0.3, -0.25) is 9.59 Å². The van der Waals surface area contributed by atoms with Crippen molar-refractivity contribution in [1.82, 2.24) is 14.7 Å². The third-order valence-electron chi connectivity index (χ3n) is 10.0. The van der Waals surface area contributed by atoms with E-state index in [4.69, 9.17) is 14.2 Å². The quantitative estimate of drug-likeness (QED) is 0.331. The summed E-state index contributed by atoms with van der Waals surface area (Å²) >= 11 is 0. The number of likely N-dealkylation sites (N-methyl/N-ethyl adjacent to an activating group) is 1. The van der Waals surface area contributed by atoms with Crippen LogP contribution >= 0.6 is 0 Å². The highest BCUT2D eigenvalue weighted by molar-refractivity contribution is 5.77. The summed E-state index contributed by atoms with van der Waals surface area (Å²) in [6.07, 6.45) is 5.44. The predicted octanol–water partition coefficient (Wildman–Crippen LogP) is 4.34. The fourth-order valence-corrected chi connectivity index (χ4v) is 6.79.